The molecule has 3 aromatic heterocycles. The SMILES string of the molecule is CC(C)NC(=O)CSCc1nc2scc(-c3cccs3)c2c(=O)[nH]1. The lowest BCUT2D eigenvalue weighted by molar-refractivity contribution is -0.119. The number of H-pyrrole nitrogens is 1. The van der Waals surface area contributed by atoms with E-state index in [9.17, 15) is 9.59 Å². The number of carbonyl (C=O) groups excluding carboxylic acids is 1. The number of rotatable bonds is 6. The molecule has 8 heteroatoms. The lowest BCUT2D eigenvalue weighted by atomic mass is 10.2. The molecule has 126 valence electrons. The Morgan fingerprint density at radius 1 is 1.42 bits per heavy atom. The summed E-state index contributed by atoms with van der Waals surface area (Å²) >= 11 is 4.52. The van der Waals surface area contributed by atoms with Crippen LogP contribution in [-0.2, 0) is 10.5 Å². The Morgan fingerprint density at radius 3 is 2.96 bits per heavy atom. The number of amides is 1. The Hall–Kier alpha value is -1.64. The maximum absolute atomic E-state index is 12.4. The van der Waals surface area contributed by atoms with E-state index in [0.717, 1.165) is 15.3 Å². The highest BCUT2D eigenvalue weighted by Crippen LogP contribution is 2.33. The summed E-state index contributed by atoms with van der Waals surface area (Å²) in [6.07, 6.45) is 0. The Balaban J connectivity index is 1.75. The second-order valence-electron chi connectivity index (χ2n) is 5.53. The van der Waals surface area contributed by atoms with E-state index in [1.165, 1.54) is 23.1 Å². The van der Waals surface area contributed by atoms with Gasteiger partial charge < -0.3 is 10.3 Å². The molecule has 0 bridgehead atoms. The van der Waals surface area contributed by atoms with Gasteiger partial charge in [0.1, 0.15) is 10.7 Å². The number of thioether (sulfide) groups is 1. The summed E-state index contributed by atoms with van der Waals surface area (Å²) in [5.74, 6) is 1.46. The smallest absolute Gasteiger partial charge is 0.260 e. The summed E-state index contributed by atoms with van der Waals surface area (Å²) in [6, 6.07) is 4.11. The molecule has 3 aromatic rings. The maximum atomic E-state index is 12.4. The molecule has 0 aromatic carbocycles. The van der Waals surface area contributed by atoms with Crippen molar-refractivity contribution in [1.82, 2.24) is 15.3 Å². The standard InChI is InChI=1S/C16H17N3O2S3/c1-9(2)17-13(20)8-22-7-12-18-15(21)14-10(6-24-16(14)19-12)11-4-3-5-23-11/h3-6,9H,7-8H2,1-2H3,(H,17,20)(H,18,19,21). The molecular formula is C16H17N3O2S3. The first-order valence-electron chi connectivity index (χ1n) is 7.46. The molecule has 1 amide bonds. The van der Waals surface area contributed by atoms with E-state index in [1.807, 2.05) is 36.7 Å². The van der Waals surface area contributed by atoms with Gasteiger partial charge >= 0.3 is 0 Å². The van der Waals surface area contributed by atoms with Gasteiger partial charge in [0, 0.05) is 21.9 Å². The van der Waals surface area contributed by atoms with Crippen molar-refractivity contribution in [2.24, 2.45) is 0 Å². The molecule has 3 heterocycles. The van der Waals surface area contributed by atoms with Crippen LogP contribution in [0, 0.1) is 0 Å². The van der Waals surface area contributed by atoms with E-state index in [1.54, 1.807) is 11.3 Å². The number of aromatic amines is 1. The van der Waals surface area contributed by atoms with Crippen molar-refractivity contribution in [2.75, 3.05) is 5.75 Å². The minimum Gasteiger partial charge on any atom is -0.353 e. The van der Waals surface area contributed by atoms with Gasteiger partial charge in [-0.15, -0.1) is 34.4 Å². The van der Waals surface area contributed by atoms with Crippen LogP contribution in [0.25, 0.3) is 20.7 Å². The van der Waals surface area contributed by atoms with Crippen molar-refractivity contribution in [2.45, 2.75) is 25.6 Å². The number of fused-ring (bicyclic) bond motifs is 1. The highest BCUT2D eigenvalue weighted by atomic mass is 32.2. The molecular weight excluding hydrogens is 362 g/mol. The van der Waals surface area contributed by atoms with Crippen LogP contribution in [0.1, 0.15) is 19.7 Å². The fourth-order valence-corrected chi connectivity index (χ4v) is 4.76. The van der Waals surface area contributed by atoms with Crippen molar-refractivity contribution in [3.05, 3.63) is 39.1 Å². The molecule has 0 aliphatic rings. The Morgan fingerprint density at radius 2 is 2.25 bits per heavy atom. The lowest BCUT2D eigenvalue weighted by Gasteiger charge is -2.07. The minimum absolute atomic E-state index is 0.00506. The predicted octanol–water partition coefficient (Wildman–Crippen LogP) is 3.47. The van der Waals surface area contributed by atoms with Crippen LogP contribution in [0.15, 0.2) is 27.7 Å². The fraction of sp³-hybridized carbons (Fsp3) is 0.312. The van der Waals surface area contributed by atoms with Crippen molar-refractivity contribution in [1.29, 1.82) is 0 Å². The molecule has 5 nitrogen and oxygen atoms in total. The van der Waals surface area contributed by atoms with Crippen molar-refractivity contribution in [3.63, 3.8) is 0 Å². The number of aromatic nitrogens is 2. The summed E-state index contributed by atoms with van der Waals surface area (Å²) in [5.41, 5.74) is 0.821. The zero-order chi connectivity index (χ0) is 17.1. The van der Waals surface area contributed by atoms with Crippen LogP contribution in [0.4, 0.5) is 0 Å². The topological polar surface area (TPSA) is 74.8 Å². The van der Waals surface area contributed by atoms with Gasteiger partial charge in [-0.25, -0.2) is 4.98 Å². The number of carbonyl (C=O) groups is 1. The van der Waals surface area contributed by atoms with Gasteiger partial charge in [-0.2, -0.15) is 0 Å². The Kier molecular flexibility index (Phi) is 5.37. The molecule has 0 aliphatic heterocycles. The quantitative estimate of drug-likeness (QED) is 0.688. The Labute approximate surface area is 151 Å². The average molecular weight is 380 g/mol. The van der Waals surface area contributed by atoms with Gasteiger partial charge in [-0.05, 0) is 25.3 Å². The predicted molar refractivity (Wildman–Crippen MR) is 103 cm³/mol. The van der Waals surface area contributed by atoms with E-state index in [2.05, 4.69) is 15.3 Å². The Bertz CT molecular complexity index is 897. The van der Waals surface area contributed by atoms with Crippen LogP contribution in [0.2, 0.25) is 0 Å². The molecule has 0 radical (unpaired) electrons. The molecule has 3 rings (SSSR count). The van der Waals surface area contributed by atoms with E-state index >= 15 is 0 Å². The van der Waals surface area contributed by atoms with Crippen LogP contribution < -0.4 is 10.9 Å². The summed E-state index contributed by atoms with van der Waals surface area (Å²) in [4.78, 5) is 33.3. The largest absolute Gasteiger partial charge is 0.353 e. The first-order chi connectivity index (χ1) is 11.5. The van der Waals surface area contributed by atoms with Gasteiger partial charge in [-0.3, -0.25) is 9.59 Å². The molecule has 0 fully saturated rings. The first-order valence-corrected chi connectivity index (χ1v) is 10.4. The third kappa shape index (κ3) is 3.88. The van der Waals surface area contributed by atoms with Gasteiger partial charge in [0.2, 0.25) is 5.91 Å². The van der Waals surface area contributed by atoms with Gasteiger partial charge in [0.15, 0.2) is 0 Å². The molecule has 0 spiro atoms. The zero-order valence-corrected chi connectivity index (χ0v) is 15.7. The van der Waals surface area contributed by atoms with Crippen LogP contribution in [-0.4, -0.2) is 27.7 Å². The molecule has 0 aliphatic carbocycles. The number of nitrogens with one attached hydrogen (secondary N) is 2. The van der Waals surface area contributed by atoms with Crippen molar-refractivity contribution < 1.29 is 4.79 Å². The molecule has 2 N–H and O–H groups in total. The minimum atomic E-state index is -0.119. The van der Waals surface area contributed by atoms with Crippen LogP contribution >= 0.6 is 34.4 Å². The van der Waals surface area contributed by atoms with E-state index in [4.69, 9.17) is 0 Å². The summed E-state index contributed by atoms with van der Waals surface area (Å²) < 4.78 is 0. The van der Waals surface area contributed by atoms with E-state index in [0.29, 0.717) is 22.7 Å². The third-order valence-corrected chi connectivity index (χ3v) is 5.92. The second-order valence-corrected chi connectivity index (χ2v) is 8.33. The zero-order valence-electron chi connectivity index (χ0n) is 13.3. The summed E-state index contributed by atoms with van der Waals surface area (Å²) in [6.45, 7) is 3.86. The molecule has 0 saturated carbocycles. The normalized spacial score (nSPS) is 11.3. The highest BCUT2D eigenvalue weighted by Gasteiger charge is 2.14. The lowest BCUT2D eigenvalue weighted by Crippen LogP contribution is -2.31. The van der Waals surface area contributed by atoms with Gasteiger partial charge in [0.05, 0.1) is 16.9 Å². The number of nitrogens with zero attached hydrogens (tertiary/aromatic N) is 1. The van der Waals surface area contributed by atoms with Crippen molar-refractivity contribution in [3.8, 4) is 10.4 Å². The van der Waals surface area contributed by atoms with Crippen LogP contribution in [0.5, 0.6) is 0 Å². The fourth-order valence-electron chi connectivity index (χ4n) is 2.28. The van der Waals surface area contributed by atoms with E-state index < -0.39 is 0 Å². The number of hydrogen-bond donors (Lipinski definition) is 2. The van der Waals surface area contributed by atoms with E-state index in [-0.39, 0.29) is 17.5 Å². The van der Waals surface area contributed by atoms with Crippen molar-refractivity contribution >= 4 is 50.6 Å². The monoisotopic (exact) mass is 379 g/mol. The average Bonchev–Trinajstić information content (AvgIpc) is 3.14. The molecule has 0 unspecified atom stereocenters. The summed E-state index contributed by atoms with van der Waals surface area (Å²) in [7, 11) is 0. The molecule has 24 heavy (non-hydrogen) atoms. The van der Waals surface area contributed by atoms with Crippen LogP contribution in [0.3, 0.4) is 0 Å². The maximum Gasteiger partial charge on any atom is 0.260 e. The first kappa shape index (κ1) is 17.2. The molecule has 0 atom stereocenters. The van der Waals surface area contributed by atoms with Gasteiger partial charge in [-0.1, -0.05) is 6.07 Å². The highest BCUT2D eigenvalue weighted by molar-refractivity contribution is 7.99. The molecule has 0 saturated heterocycles. The second kappa shape index (κ2) is 7.50. The number of thiophene rings is 2. The summed E-state index contributed by atoms with van der Waals surface area (Å²) in [5, 5.41) is 7.46. The third-order valence-electron chi connectivity index (χ3n) is 3.20. The number of hydrogen-bond acceptors (Lipinski definition) is 6. The van der Waals surface area contributed by atoms with Gasteiger partial charge in [0.25, 0.3) is 5.56 Å².